The zero-order chi connectivity index (χ0) is 28.3. The van der Waals surface area contributed by atoms with Gasteiger partial charge in [0.2, 0.25) is 11.9 Å². The number of hydrogen-bond donors (Lipinski definition) is 2. The van der Waals surface area contributed by atoms with Crippen molar-refractivity contribution in [1.29, 1.82) is 0 Å². The fraction of sp³-hybridized carbons (Fsp3) is 0.241. The molecule has 0 atom stereocenters. The second-order valence-corrected chi connectivity index (χ2v) is 10.7. The van der Waals surface area contributed by atoms with Gasteiger partial charge in [-0.15, -0.1) is 11.3 Å². The van der Waals surface area contributed by atoms with Crippen LogP contribution in [0.2, 0.25) is 0 Å². The molecule has 0 aliphatic carbocycles. The highest BCUT2D eigenvalue weighted by Crippen LogP contribution is 2.38. The number of aromatic nitrogens is 4. The van der Waals surface area contributed by atoms with Gasteiger partial charge in [-0.1, -0.05) is 12.7 Å². The van der Waals surface area contributed by atoms with Crippen molar-refractivity contribution in [2.24, 2.45) is 0 Å². The predicted octanol–water partition coefficient (Wildman–Crippen LogP) is 3.62. The SMILES string of the molecule is C=CC(=O)Nc1ccc(C(=O)N2CC=C(c3cc4nc(-c5cnc(N)nc5)nc(N5CCOCC5)c4s3)CC2)cc1. The molecule has 1 aromatic carbocycles. The number of nitrogen functional groups attached to an aromatic ring is 1. The normalized spacial score (nSPS) is 15.5. The molecule has 0 spiro atoms. The molecule has 2 aliphatic rings. The summed E-state index contributed by atoms with van der Waals surface area (Å²) in [5, 5.41) is 2.69. The number of carbonyl (C=O) groups is 2. The number of hydrogen-bond acceptors (Lipinski definition) is 10. The Balaban J connectivity index is 1.25. The molecule has 0 unspecified atom stereocenters. The molecular formula is C29H28N8O3S. The van der Waals surface area contributed by atoms with Crippen LogP contribution >= 0.6 is 11.3 Å². The number of nitrogens with one attached hydrogen (secondary N) is 1. The lowest BCUT2D eigenvalue weighted by molar-refractivity contribution is -0.111. The fourth-order valence-corrected chi connectivity index (χ4v) is 5.98. The molecule has 6 rings (SSSR count). The number of fused-ring (bicyclic) bond motifs is 1. The summed E-state index contributed by atoms with van der Waals surface area (Å²) in [6, 6.07) is 8.99. The molecule has 3 aromatic heterocycles. The van der Waals surface area contributed by atoms with E-state index in [0.717, 1.165) is 40.4 Å². The first-order valence-electron chi connectivity index (χ1n) is 13.2. The van der Waals surface area contributed by atoms with Crippen molar-refractivity contribution < 1.29 is 14.3 Å². The predicted molar refractivity (Wildman–Crippen MR) is 160 cm³/mol. The molecule has 3 N–H and O–H groups in total. The van der Waals surface area contributed by atoms with Gasteiger partial charge in [-0.25, -0.2) is 19.9 Å². The molecular weight excluding hydrogens is 540 g/mol. The summed E-state index contributed by atoms with van der Waals surface area (Å²) in [5.41, 5.74) is 9.62. The van der Waals surface area contributed by atoms with Gasteiger partial charge >= 0.3 is 0 Å². The topological polar surface area (TPSA) is 139 Å². The van der Waals surface area contributed by atoms with Gasteiger partial charge in [0, 0.05) is 54.7 Å². The summed E-state index contributed by atoms with van der Waals surface area (Å²) in [5.74, 6) is 1.29. The molecule has 5 heterocycles. The van der Waals surface area contributed by atoms with Crippen LogP contribution in [-0.2, 0) is 9.53 Å². The lowest BCUT2D eigenvalue weighted by Crippen LogP contribution is -2.36. The van der Waals surface area contributed by atoms with Gasteiger partial charge in [-0.3, -0.25) is 9.59 Å². The van der Waals surface area contributed by atoms with Crippen molar-refractivity contribution in [3.8, 4) is 11.4 Å². The van der Waals surface area contributed by atoms with Gasteiger partial charge in [0.05, 0.1) is 29.0 Å². The third-order valence-corrected chi connectivity index (χ3v) is 8.19. The largest absolute Gasteiger partial charge is 0.378 e. The minimum Gasteiger partial charge on any atom is -0.378 e. The maximum atomic E-state index is 13.1. The highest BCUT2D eigenvalue weighted by Gasteiger charge is 2.24. The second kappa shape index (κ2) is 11.4. The summed E-state index contributed by atoms with van der Waals surface area (Å²) < 4.78 is 6.59. The van der Waals surface area contributed by atoms with Crippen LogP contribution in [0.25, 0.3) is 27.2 Å². The average Bonchev–Trinajstić information content (AvgIpc) is 3.46. The number of benzene rings is 1. The number of carbonyl (C=O) groups excluding carboxylic acids is 2. The summed E-state index contributed by atoms with van der Waals surface area (Å²) >= 11 is 1.67. The van der Waals surface area contributed by atoms with E-state index in [1.165, 1.54) is 11.6 Å². The first kappa shape index (κ1) is 26.5. The van der Waals surface area contributed by atoms with Crippen LogP contribution in [0, 0.1) is 0 Å². The highest BCUT2D eigenvalue weighted by molar-refractivity contribution is 7.20. The highest BCUT2D eigenvalue weighted by atomic mass is 32.1. The van der Waals surface area contributed by atoms with Gasteiger partial charge < -0.3 is 25.6 Å². The first-order chi connectivity index (χ1) is 20.0. The van der Waals surface area contributed by atoms with Gasteiger partial charge in [0.1, 0.15) is 0 Å². The Morgan fingerprint density at radius 3 is 2.51 bits per heavy atom. The number of rotatable bonds is 6. The Bertz CT molecular complexity index is 1640. The molecule has 1 saturated heterocycles. The third-order valence-electron chi connectivity index (χ3n) is 6.99. The van der Waals surface area contributed by atoms with Crippen molar-refractivity contribution >= 4 is 56.4 Å². The zero-order valence-electron chi connectivity index (χ0n) is 22.2. The first-order valence-corrected chi connectivity index (χ1v) is 14.0. The van der Waals surface area contributed by atoms with Crippen LogP contribution in [0.15, 0.2) is 61.5 Å². The third kappa shape index (κ3) is 5.65. The van der Waals surface area contributed by atoms with Crippen LogP contribution in [0.1, 0.15) is 21.7 Å². The minimum atomic E-state index is -0.294. The molecule has 1 fully saturated rings. The Morgan fingerprint density at radius 1 is 1.07 bits per heavy atom. The lowest BCUT2D eigenvalue weighted by atomic mass is 10.1. The molecule has 12 heteroatoms. The van der Waals surface area contributed by atoms with E-state index in [4.69, 9.17) is 20.4 Å². The lowest BCUT2D eigenvalue weighted by Gasteiger charge is -2.28. The average molecular weight is 569 g/mol. The van der Waals surface area contributed by atoms with E-state index in [9.17, 15) is 9.59 Å². The van der Waals surface area contributed by atoms with Gasteiger partial charge in [0.25, 0.3) is 5.91 Å². The maximum Gasteiger partial charge on any atom is 0.254 e. The Labute approximate surface area is 240 Å². The Kier molecular flexibility index (Phi) is 7.40. The number of anilines is 3. The molecule has 0 radical (unpaired) electrons. The quantitative estimate of drug-likeness (QED) is 0.334. The van der Waals surface area contributed by atoms with Crippen molar-refractivity contribution in [2.45, 2.75) is 6.42 Å². The maximum absolute atomic E-state index is 13.1. The van der Waals surface area contributed by atoms with E-state index in [0.29, 0.717) is 48.9 Å². The smallest absolute Gasteiger partial charge is 0.254 e. The summed E-state index contributed by atoms with van der Waals surface area (Å²) in [6.45, 7) is 7.34. The van der Waals surface area contributed by atoms with Gasteiger partial charge in [-0.05, 0) is 48.4 Å². The van der Waals surface area contributed by atoms with Crippen LogP contribution < -0.4 is 16.0 Å². The zero-order valence-corrected chi connectivity index (χ0v) is 23.1. The summed E-state index contributed by atoms with van der Waals surface area (Å²) in [6.07, 6.45) is 7.32. The summed E-state index contributed by atoms with van der Waals surface area (Å²) in [4.78, 5) is 47.8. The van der Waals surface area contributed by atoms with Crippen molar-refractivity contribution in [3.05, 3.63) is 71.9 Å². The molecule has 2 aliphatic heterocycles. The second-order valence-electron chi connectivity index (χ2n) is 9.63. The number of nitrogens with two attached hydrogens (primary N) is 1. The molecule has 2 amide bonds. The molecule has 41 heavy (non-hydrogen) atoms. The van der Waals surface area contributed by atoms with Gasteiger partial charge in [0.15, 0.2) is 11.6 Å². The molecule has 0 bridgehead atoms. The number of morpholine rings is 1. The number of thiophene rings is 1. The van der Waals surface area contributed by atoms with Crippen LogP contribution in [0.3, 0.4) is 0 Å². The minimum absolute atomic E-state index is 0.0472. The number of nitrogens with zero attached hydrogens (tertiary/aromatic N) is 6. The van der Waals surface area contributed by atoms with E-state index < -0.39 is 0 Å². The van der Waals surface area contributed by atoms with E-state index in [2.05, 4.69) is 38.9 Å². The Morgan fingerprint density at radius 2 is 1.83 bits per heavy atom. The van der Waals surface area contributed by atoms with E-state index in [1.54, 1.807) is 48.0 Å². The molecule has 208 valence electrons. The van der Waals surface area contributed by atoms with Crippen LogP contribution in [-0.4, -0.2) is 76.0 Å². The molecule has 11 nitrogen and oxygen atoms in total. The van der Waals surface area contributed by atoms with E-state index >= 15 is 0 Å². The standard InChI is InChI=1S/C29H28N8O3S/c1-2-24(38)33-21-5-3-19(4-6-21)28(39)37-9-7-18(8-10-37)23-15-22-25(41-23)27(36-11-13-40-14-12-36)35-26(34-22)20-16-31-29(30)32-17-20/h2-7,15-17H,1,8-14H2,(H,33,38)(H2,30,31,32). The number of amides is 2. The van der Waals surface area contributed by atoms with Crippen molar-refractivity contribution in [2.75, 3.05) is 55.3 Å². The fourth-order valence-electron chi connectivity index (χ4n) is 4.79. The molecule has 4 aromatic rings. The van der Waals surface area contributed by atoms with Crippen LogP contribution in [0.4, 0.5) is 17.5 Å². The van der Waals surface area contributed by atoms with E-state index in [-0.39, 0.29) is 17.8 Å². The van der Waals surface area contributed by atoms with Gasteiger partial charge in [-0.2, -0.15) is 0 Å². The molecule has 0 saturated carbocycles. The van der Waals surface area contributed by atoms with Crippen molar-refractivity contribution in [3.63, 3.8) is 0 Å². The Hall–Kier alpha value is -4.68. The summed E-state index contributed by atoms with van der Waals surface area (Å²) in [7, 11) is 0. The monoisotopic (exact) mass is 568 g/mol. The van der Waals surface area contributed by atoms with Crippen molar-refractivity contribution in [1.82, 2.24) is 24.8 Å². The van der Waals surface area contributed by atoms with E-state index in [1.807, 2.05) is 4.90 Å². The van der Waals surface area contributed by atoms with Crippen LogP contribution in [0.5, 0.6) is 0 Å². The number of ether oxygens (including phenoxy) is 1.